The van der Waals surface area contributed by atoms with E-state index in [1.54, 1.807) is 31.3 Å². The summed E-state index contributed by atoms with van der Waals surface area (Å²) in [6.07, 6.45) is 7.24. The smallest absolute Gasteiger partial charge is 0.318 e. The third-order valence-corrected chi connectivity index (χ3v) is 9.09. The number of hydrogen-bond donors (Lipinski definition) is 4. The van der Waals surface area contributed by atoms with Gasteiger partial charge < -0.3 is 26.2 Å². The Morgan fingerprint density at radius 3 is 2.44 bits per heavy atom. The minimum absolute atomic E-state index is 0.0270. The predicted octanol–water partition coefficient (Wildman–Crippen LogP) is 2.37. The molecule has 1 saturated carbocycles. The molecule has 0 spiro atoms. The van der Waals surface area contributed by atoms with Crippen molar-refractivity contribution in [2.75, 3.05) is 18.9 Å². The molecule has 41 heavy (non-hydrogen) atoms. The first-order chi connectivity index (χ1) is 19.6. The minimum atomic E-state index is -1.03. The number of likely N-dealkylation sites (N-methyl/N-ethyl adjacent to an activating group) is 1. The van der Waals surface area contributed by atoms with Gasteiger partial charge in [-0.05, 0) is 54.0 Å². The molecule has 220 valence electrons. The lowest BCUT2D eigenvalue weighted by molar-refractivity contribution is -0.130. The highest BCUT2D eigenvalue weighted by atomic mass is 16.2. The van der Waals surface area contributed by atoms with Crippen LogP contribution in [0, 0.1) is 11.8 Å². The van der Waals surface area contributed by atoms with E-state index in [9.17, 15) is 19.2 Å². The van der Waals surface area contributed by atoms with Crippen LogP contribution in [0.25, 0.3) is 0 Å². The standard InChI is InChI=1S/C30H41N7O4/c1-18(2)23-17-37(29(41)34-23)30(28(40)31-3)15-20-10-11-22(14-21(20)16-30)33-27(39)25(19-8-6-5-7-9-19)35-26(38)24-12-13-32-36(24)4/h10-14,18-19,23,25H,5-9,15-17H2,1-4H3,(H,31,40)(H,33,39)(H,34,41)(H,35,38)/t23?,25-,30?/m0/s1. The Morgan fingerprint density at radius 2 is 1.80 bits per heavy atom. The number of nitrogens with one attached hydrogen (secondary N) is 4. The lowest BCUT2D eigenvalue weighted by atomic mass is 9.83. The molecule has 1 aromatic carbocycles. The monoisotopic (exact) mass is 563 g/mol. The highest BCUT2D eigenvalue weighted by Crippen LogP contribution is 2.38. The lowest BCUT2D eigenvalue weighted by Gasteiger charge is -2.36. The summed E-state index contributed by atoms with van der Waals surface area (Å²) in [4.78, 5) is 54.7. The van der Waals surface area contributed by atoms with Crippen molar-refractivity contribution in [3.05, 3.63) is 47.3 Å². The molecule has 3 atom stereocenters. The fourth-order valence-corrected chi connectivity index (χ4v) is 6.65. The maximum atomic E-state index is 13.7. The van der Waals surface area contributed by atoms with Crippen LogP contribution in [0.2, 0.25) is 0 Å². The number of anilines is 1. The van der Waals surface area contributed by atoms with Crippen LogP contribution < -0.4 is 21.3 Å². The third kappa shape index (κ3) is 5.54. The molecule has 4 N–H and O–H groups in total. The number of urea groups is 1. The highest BCUT2D eigenvalue weighted by molar-refractivity contribution is 6.01. The number of amides is 5. The summed E-state index contributed by atoms with van der Waals surface area (Å²) in [5.41, 5.74) is 1.85. The SMILES string of the molecule is CNC(=O)C1(N2CC(C(C)C)NC2=O)Cc2ccc(NC(=O)[C@@H](NC(=O)c3ccnn3C)C3CCCCC3)cc2C1. The Bertz CT molecular complexity index is 1330. The van der Waals surface area contributed by atoms with Gasteiger partial charge in [0.2, 0.25) is 11.8 Å². The topological polar surface area (TPSA) is 137 Å². The van der Waals surface area contributed by atoms with Crippen molar-refractivity contribution in [1.29, 1.82) is 0 Å². The molecule has 0 radical (unpaired) electrons. The van der Waals surface area contributed by atoms with Crippen molar-refractivity contribution >= 4 is 29.4 Å². The van der Waals surface area contributed by atoms with E-state index < -0.39 is 11.6 Å². The quantitative estimate of drug-likeness (QED) is 0.391. The molecule has 3 aliphatic rings. The van der Waals surface area contributed by atoms with Gasteiger partial charge in [-0.3, -0.25) is 19.1 Å². The van der Waals surface area contributed by atoms with E-state index in [2.05, 4.69) is 40.2 Å². The molecule has 2 heterocycles. The third-order valence-electron chi connectivity index (χ3n) is 9.09. The van der Waals surface area contributed by atoms with E-state index >= 15 is 0 Å². The van der Waals surface area contributed by atoms with Gasteiger partial charge >= 0.3 is 6.03 Å². The van der Waals surface area contributed by atoms with E-state index in [0.29, 0.717) is 30.8 Å². The Balaban J connectivity index is 1.36. The number of fused-ring (bicyclic) bond motifs is 1. The first-order valence-electron chi connectivity index (χ1n) is 14.6. The molecule has 1 aromatic heterocycles. The first-order valence-corrected chi connectivity index (χ1v) is 14.6. The van der Waals surface area contributed by atoms with Gasteiger partial charge in [-0.25, -0.2) is 4.79 Å². The van der Waals surface area contributed by atoms with Crippen LogP contribution in [0.5, 0.6) is 0 Å². The van der Waals surface area contributed by atoms with Gasteiger partial charge in [0, 0.05) is 45.4 Å². The number of benzene rings is 1. The van der Waals surface area contributed by atoms with Gasteiger partial charge in [0.25, 0.3) is 5.91 Å². The van der Waals surface area contributed by atoms with Crippen molar-refractivity contribution in [2.24, 2.45) is 18.9 Å². The van der Waals surface area contributed by atoms with Crippen molar-refractivity contribution in [3.63, 3.8) is 0 Å². The average Bonchev–Trinajstić information content (AvgIpc) is 3.68. The first kappa shape index (κ1) is 28.6. The molecule has 1 saturated heterocycles. The van der Waals surface area contributed by atoms with E-state index in [-0.39, 0.29) is 41.6 Å². The van der Waals surface area contributed by atoms with E-state index in [1.807, 2.05) is 18.2 Å². The largest absolute Gasteiger partial charge is 0.357 e. The van der Waals surface area contributed by atoms with Gasteiger partial charge in [0.1, 0.15) is 17.3 Å². The summed E-state index contributed by atoms with van der Waals surface area (Å²) >= 11 is 0. The highest BCUT2D eigenvalue weighted by Gasteiger charge is 2.53. The van der Waals surface area contributed by atoms with Crippen LogP contribution in [-0.2, 0) is 29.5 Å². The van der Waals surface area contributed by atoms with Gasteiger partial charge in [-0.2, -0.15) is 5.10 Å². The number of rotatable bonds is 8. The van der Waals surface area contributed by atoms with E-state index in [1.165, 1.54) is 4.68 Å². The van der Waals surface area contributed by atoms with Crippen LogP contribution in [-0.4, -0.2) is 69.6 Å². The number of nitrogens with zero attached hydrogens (tertiary/aromatic N) is 3. The summed E-state index contributed by atoms with van der Waals surface area (Å²) in [7, 11) is 3.29. The maximum Gasteiger partial charge on any atom is 0.318 e. The van der Waals surface area contributed by atoms with Crippen LogP contribution >= 0.6 is 0 Å². The number of aryl methyl sites for hydroxylation is 1. The van der Waals surface area contributed by atoms with Gasteiger partial charge in [0.15, 0.2) is 0 Å². The molecule has 0 bridgehead atoms. The molecular formula is C30H41N7O4. The van der Waals surface area contributed by atoms with Crippen LogP contribution in [0.4, 0.5) is 10.5 Å². The van der Waals surface area contributed by atoms with Crippen molar-refractivity contribution in [1.82, 2.24) is 30.6 Å². The summed E-state index contributed by atoms with van der Waals surface area (Å²) in [5.74, 6) is -0.509. The van der Waals surface area contributed by atoms with Crippen LogP contribution in [0.15, 0.2) is 30.5 Å². The van der Waals surface area contributed by atoms with Crippen molar-refractivity contribution in [2.45, 2.75) is 76.4 Å². The van der Waals surface area contributed by atoms with Crippen LogP contribution in [0.1, 0.15) is 67.6 Å². The molecule has 2 fully saturated rings. The Labute approximate surface area is 240 Å². The van der Waals surface area contributed by atoms with Gasteiger partial charge in [-0.15, -0.1) is 0 Å². The average molecular weight is 564 g/mol. The number of aromatic nitrogens is 2. The summed E-state index contributed by atoms with van der Waals surface area (Å²) in [5, 5.41) is 15.9. The molecule has 2 unspecified atom stereocenters. The zero-order chi connectivity index (χ0) is 29.3. The fourth-order valence-electron chi connectivity index (χ4n) is 6.65. The number of carbonyl (C=O) groups is 4. The predicted molar refractivity (Wildman–Crippen MR) is 154 cm³/mol. The summed E-state index contributed by atoms with van der Waals surface area (Å²) < 4.78 is 1.49. The van der Waals surface area contributed by atoms with Crippen molar-refractivity contribution < 1.29 is 19.2 Å². The Hall–Kier alpha value is -3.89. The van der Waals surface area contributed by atoms with Gasteiger partial charge in [0.05, 0.1) is 6.04 Å². The molecular weight excluding hydrogens is 522 g/mol. The van der Waals surface area contributed by atoms with E-state index in [4.69, 9.17) is 0 Å². The second-order valence-electron chi connectivity index (χ2n) is 12.0. The number of hydrogen-bond acceptors (Lipinski definition) is 5. The van der Waals surface area contributed by atoms with Crippen LogP contribution in [0.3, 0.4) is 0 Å². The molecule has 2 aromatic rings. The second-order valence-corrected chi connectivity index (χ2v) is 12.0. The summed E-state index contributed by atoms with van der Waals surface area (Å²) in [6.45, 7) is 4.57. The maximum absolute atomic E-state index is 13.7. The Morgan fingerprint density at radius 1 is 1.07 bits per heavy atom. The summed E-state index contributed by atoms with van der Waals surface area (Å²) in [6, 6.07) is 6.35. The zero-order valence-corrected chi connectivity index (χ0v) is 24.3. The van der Waals surface area contributed by atoms with E-state index in [0.717, 1.165) is 43.2 Å². The second kappa shape index (κ2) is 11.5. The fraction of sp³-hybridized carbons (Fsp3) is 0.567. The minimum Gasteiger partial charge on any atom is -0.357 e. The molecule has 11 nitrogen and oxygen atoms in total. The molecule has 11 heteroatoms. The Kier molecular flexibility index (Phi) is 8.06. The normalized spacial score (nSPS) is 23.2. The molecule has 5 amide bonds. The molecule has 1 aliphatic heterocycles. The zero-order valence-electron chi connectivity index (χ0n) is 24.3. The number of carbonyl (C=O) groups excluding carboxylic acids is 4. The molecule has 5 rings (SSSR count). The van der Waals surface area contributed by atoms with Gasteiger partial charge in [-0.1, -0.05) is 39.2 Å². The lowest BCUT2D eigenvalue weighted by Crippen LogP contribution is -2.60. The molecule has 2 aliphatic carbocycles. The van der Waals surface area contributed by atoms with Crippen molar-refractivity contribution in [3.8, 4) is 0 Å².